The van der Waals surface area contributed by atoms with E-state index in [0.29, 0.717) is 28.1 Å². The predicted octanol–water partition coefficient (Wildman–Crippen LogP) is 4.80. The molecule has 1 aromatic rings. The van der Waals surface area contributed by atoms with Crippen LogP contribution >= 0.6 is 23.5 Å². The quantitative estimate of drug-likeness (QED) is 0.729. The fraction of sp³-hybridized carbons (Fsp3) is 0.619. The lowest BCUT2D eigenvalue weighted by atomic mass is 9.67. The van der Waals surface area contributed by atoms with Gasteiger partial charge >= 0.3 is 5.97 Å². The van der Waals surface area contributed by atoms with E-state index in [-0.39, 0.29) is 17.8 Å². The third kappa shape index (κ3) is 3.75. The van der Waals surface area contributed by atoms with Gasteiger partial charge in [-0.05, 0) is 68.7 Å². The second-order valence-corrected chi connectivity index (χ2v) is 10.7. The molecule has 2 unspecified atom stereocenters. The second-order valence-electron chi connectivity index (χ2n) is 7.70. The van der Waals surface area contributed by atoms with E-state index in [2.05, 4.69) is 28.8 Å². The van der Waals surface area contributed by atoms with Crippen molar-refractivity contribution in [1.82, 2.24) is 0 Å². The number of esters is 1. The van der Waals surface area contributed by atoms with E-state index < -0.39 is 0 Å². The minimum atomic E-state index is -0.327. The molecule has 2 bridgehead atoms. The van der Waals surface area contributed by atoms with Crippen LogP contribution in [0.4, 0.5) is 5.69 Å². The number of amides is 1. The SMILES string of the molecule is CCOC(=O)c1ccc(NC(=O)C2CC3CCCC(C2)C32SCCS2)cc1. The Morgan fingerprint density at radius 3 is 2.33 bits per heavy atom. The van der Waals surface area contributed by atoms with Crippen LogP contribution in [-0.2, 0) is 9.53 Å². The summed E-state index contributed by atoms with van der Waals surface area (Å²) in [6, 6.07) is 7.00. The summed E-state index contributed by atoms with van der Waals surface area (Å²) in [7, 11) is 0. The first-order valence-electron chi connectivity index (χ1n) is 9.98. The van der Waals surface area contributed by atoms with Crippen molar-refractivity contribution in [1.29, 1.82) is 0 Å². The van der Waals surface area contributed by atoms with E-state index in [9.17, 15) is 9.59 Å². The zero-order valence-corrected chi connectivity index (χ0v) is 17.4. The number of nitrogens with one attached hydrogen (secondary N) is 1. The largest absolute Gasteiger partial charge is 0.462 e. The number of rotatable bonds is 4. The molecule has 1 N–H and O–H groups in total. The smallest absolute Gasteiger partial charge is 0.338 e. The molecule has 2 saturated carbocycles. The molecule has 3 fully saturated rings. The van der Waals surface area contributed by atoms with Crippen LogP contribution in [0.15, 0.2) is 24.3 Å². The van der Waals surface area contributed by atoms with Gasteiger partial charge in [-0.1, -0.05) is 6.42 Å². The molecule has 1 spiro atoms. The van der Waals surface area contributed by atoms with E-state index in [1.165, 1.54) is 30.8 Å². The first kappa shape index (κ1) is 19.2. The summed E-state index contributed by atoms with van der Waals surface area (Å²) >= 11 is 4.34. The van der Waals surface area contributed by atoms with Crippen molar-refractivity contribution in [2.24, 2.45) is 17.8 Å². The summed E-state index contributed by atoms with van der Waals surface area (Å²) in [5.41, 5.74) is 1.27. The lowest BCUT2D eigenvalue weighted by Gasteiger charge is -2.52. The molecule has 1 saturated heterocycles. The predicted molar refractivity (Wildman–Crippen MR) is 112 cm³/mol. The van der Waals surface area contributed by atoms with Gasteiger partial charge in [0.05, 0.1) is 16.2 Å². The molecule has 1 heterocycles. The van der Waals surface area contributed by atoms with Gasteiger partial charge in [0.2, 0.25) is 5.91 Å². The molecule has 0 aromatic heterocycles. The molecule has 3 aliphatic rings. The van der Waals surface area contributed by atoms with Gasteiger partial charge in [0.1, 0.15) is 0 Å². The first-order chi connectivity index (χ1) is 13.1. The normalized spacial score (nSPS) is 28.7. The van der Waals surface area contributed by atoms with E-state index in [0.717, 1.165) is 18.5 Å². The van der Waals surface area contributed by atoms with Gasteiger partial charge in [0.25, 0.3) is 0 Å². The number of carbonyl (C=O) groups excluding carboxylic acids is 2. The zero-order valence-electron chi connectivity index (χ0n) is 15.7. The third-order valence-electron chi connectivity index (χ3n) is 6.15. The Morgan fingerprint density at radius 1 is 1.11 bits per heavy atom. The Hall–Kier alpha value is -1.14. The lowest BCUT2D eigenvalue weighted by Crippen LogP contribution is -2.48. The van der Waals surface area contributed by atoms with Gasteiger partial charge in [0.15, 0.2) is 0 Å². The molecular weight excluding hydrogens is 378 g/mol. The molecule has 4 rings (SSSR count). The Bertz CT molecular complexity index is 684. The fourth-order valence-corrected chi connectivity index (χ4v) is 8.91. The third-order valence-corrected chi connectivity index (χ3v) is 10.2. The molecule has 146 valence electrons. The van der Waals surface area contributed by atoms with Crippen molar-refractivity contribution < 1.29 is 14.3 Å². The second kappa shape index (κ2) is 8.08. The minimum absolute atomic E-state index is 0.109. The highest BCUT2D eigenvalue weighted by molar-refractivity contribution is 8.21. The molecule has 4 nitrogen and oxygen atoms in total. The van der Waals surface area contributed by atoms with Crippen LogP contribution < -0.4 is 5.32 Å². The van der Waals surface area contributed by atoms with Crippen LogP contribution in [0.25, 0.3) is 0 Å². The lowest BCUT2D eigenvalue weighted by molar-refractivity contribution is -0.122. The highest BCUT2D eigenvalue weighted by Crippen LogP contribution is 2.64. The topological polar surface area (TPSA) is 55.4 Å². The molecule has 2 atom stereocenters. The van der Waals surface area contributed by atoms with Crippen molar-refractivity contribution in [2.45, 2.75) is 43.1 Å². The zero-order chi connectivity index (χ0) is 18.9. The van der Waals surface area contributed by atoms with Gasteiger partial charge in [-0.15, -0.1) is 23.5 Å². The minimum Gasteiger partial charge on any atom is -0.462 e. The van der Waals surface area contributed by atoms with E-state index in [4.69, 9.17) is 4.74 Å². The van der Waals surface area contributed by atoms with Crippen LogP contribution in [0.2, 0.25) is 0 Å². The highest BCUT2D eigenvalue weighted by Gasteiger charge is 2.55. The van der Waals surface area contributed by atoms with Crippen molar-refractivity contribution in [3.63, 3.8) is 0 Å². The monoisotopic (exact) mass is 405 g/mol. The Morgan fingerprint density at radius 2 is 1.74 bits per heavy atom. The van der Waals surface area contributed by atoms with Crippen LogP contribution in [0.5, 0.6) is 0 Å². The molecular formula is C21H27NO3S2. The average molecular weight is 406 g/mol. The van der Waals surface area contributed by atoms with Gasteiger partial charge in [-0.25, -0.2) is 4.79 Å². The Labute approximate surface area is 169 Å². The maximum absolute atomic E-state index is 12.9. The van der Waals surface area contributed by atoms with Crippen molar-refractivity contribution in [3.05, 3.63) is 29.8 Å². The number of hydrogen-bond donors (Lipinski definition) is 1. The van der Waals surface area contributed by atoms with E-state index in [1.54, 1.807) is 31.2 Å². The number of thioether (sulfide) groups is 2. The summed E-state index contributed by atoms with van der Waals surface area (Å²) in [5, 5.41) is 3.07. The number of ether oxygens (including phenoxy) is 1. The summed E-state index contributed by atoms with van der Waals surface area (Å²) in [5.74, 6) is 3.79. The summed E-state index contributed by atoms with van der Waals surface area (Å²) < 4.78 is 5.40. The van der Waals surface area contributed by atoms with Gasteiger partial charge < -0.3 is 10.1 Å². The molecule has 1 amide bonds. The van der Waals surface area contributed by atoms with Crippen LogP contribution in [0, 0.1) is 17.8 Å². The number of anilines is 1. The van der Waals surface area contributed by atoms with Gasteiger partial charge in [-0.2, -0.15) is 0 Å². The fourth-order valence-electron chi connectivity index (χ4n) is 4.97. The molecule has 1 aliphatic heterocycles. The van der Waals surface area contributed by atoms with E-state index in [1.807, 2.05) is 0 Å². The molecule has 27 heavy (non-hydrogen) atoms. The standard InChI is InChI=1S/C21H27NO3S2/c1-2-25-20(24)14-6-8-18(9-7-14)22-19(23)15-12-16-4-3-5-17(13-15)21(16)26-10-11-27-21/h6-9,15-17H,2-5,10-13H2,1H3,(H,22,23). The molecule has 6 heteroatoms. The van der Waals surface area contributed by atoms with Crippen molar-refractivity contribution in [2.75, 3.05) is 23.4 Å². The summed E-state index contributed by atoms with van der Waals surface area (Å²) in [6.07, 6.45) is 5.90. The molecule has 1 aromatic carbocycles. The maximum atomic E-state index is 12.9. The van der Waals surface area contributed by atoms with Crippen LogP contribution in [0.1, 0.15) is 49.4 Å². The van der Waals surface area contributed by atoms with E-state index >= 15 is 0 Å². The van der Waals surface area contributed by atoms with Crippen LogP contribution in [0.3, 0.4) is 0 Å². The molecule has 2 aliphatic carbocycles. The summed E-state index contributed by atoms with van der Waals surface area (Å²) in [4.78, 5) is 24.7. The maximum Gasteiger partial charge on any atom is 0.338 e. The highest BCUT2D eigenvalue weighted by atomic mass is 32.2. The van der Waals surface area contributed by atoms with Crippen LogP contribution in [-0.4, -0.2) is 34.1 Å². The summed E-state index contributed by atoms with van der Waals surface area (Å²) in [6.45, 7) is 2.15. The Kier molecular flexibility index (Phi) is 5.74. The number of carbonyl (C=O) groups is 2. The average Bonchev–Trinajstić information content (AvgIpc) is 3.12. The first-order valence-corrected chi connectivity index (χ1v) is 12.0. The van der Waals surface area contributed by atoms with Gasteiger partial charge in [-0.3, -0.25) is 4.79 Å². The molecule has 0 radical (unpaired) electrons. The number of benzene rings is 1. The van der Waals surface area contributed by atoms with Crippen molar-refractivity contribution in [3.8, 4) is 0 Å². The van der Waals surface area contributed by atoms with Crippen molar-refractivity contribution >= 4 is 41.1 Å². The number of hydrogen-bond acceptors (Lipinski definition) is 5. The van der Waals surface area contributed by atoms with Gasteiger partial charge in [0, 0.05) is 23.1 Å². The Balaban J connectivity index is 1.40.